The molecule has 1 heterocycles. The molecule has 1 aromatic rings. The first-order chi connectivity index (χ1) is 5.63. The lowest BCUT2D eigenvalue weighted by Crippen LogP contribution is -1.99. The van der Waals surface area contributed by atoms with E-state index in [4.69, 9.17) is 0 Å². The Morgan fingerprint density at radius 2 is 2.25 bits per heavy atom. The summed E-state index contributed by atoms with van der Waals surface area (Å²) in [4.78, 5) is 14.0. The monoisotopic (exact) mass is 166 g/mol. The quantitative estimate of drug-likeness (QED) is 0.499. The van der Waals surface area contributed by atoms with Crippen molar-refractivity contribution in [3.63, 3.8) is 0 Å². The van der Waals surface area contributed by atoms with Crippen LogP contribution in [0.15, 0.2) is 18.3 Å². The van der Waals surface area contributed by atoms with Gasteiger partial charge in [-0.2, -0.15) is 0 Å². The number of rotatable bonds is 2. The summed E-state index contributed by atoms with van der Waals surface area (Å²) in [6, 6.07) is 3.05. The van der Waals surface area contributed by atoms with Gasteiger partial charge < -0.3 is 0 Å². The maximum Gasteiger partial charge on any atom is 0.290 e. The molecule has 0 bridgehead atoms. The minimum absolute atomic E-state index is 0.0894. The van der Waals surface area contributed by atoms with Gasteiger partial charge in [0.25, 0.3) is 5.69 Å². The maximum atomic E-state index is 10.5. The summed E-state index contributed by atoms with van der Waals surface area (Å²) < 4.78 is 0. The summed E-state index contributed by atoms with van der Waals surface area (Å²) in [7, 11) is 0. The van der Waals surface area contributed by atoms with Crippen LogP contribution in [0.25, 0.3) is 0 Å². The molecule has 0 atom stereocenters. The third kappa shape index (κ3) is 1.58. The van der Waals surface area contributed by atoms with Crippen LogP contribution in [0, 0.1) is 10.1 Å². The predicted octanol–water partition coefficient (Wildman–Crippen LogP) is 2.11. The van der Waals surface area contributed by atoms with Gasteiger partial charge in [-0.1, -0.05) is 13.8 Å². The molecule has 0 spiro atoms. The highest BCUT2D eigenvalue weighted by Crippen LogP contribution is 2.22. The van der Waals surface area contributed by atoms with Crippen molar-refractivity contribution in [3.05, 3.63) is 34.1 Å². The average Bonchev–Trinajstić information content (AvgIpc) is 2.04. The Morgan fingerprint density at radius 1 is 1.58 bits per heavy atom. The molecule has 0 saturated carbocycles. The van der Waals surface area contributed by atoms with Gasteiger partial charge >= 0.3 is 0 Å². The van der Waals surface area contributed by atoms with Crippen molar-refractivity contribution in [2.45, 2.75) is 19.8 Å². The molecule has 0 saturated heterocycles. The van der Waals surface area contributed by atoms with Crippen molar-refractivity contribution < 1.29 is 4.92 Å². The van der Waals surface area contributed by atoms with Crippen LogP contribution in [0.5, 0.6) is 0 Å². The second-order valence-corrected chi connectivity index (χ2v) is 2.82. The van der Waals surface area contributed by atoms with Crippen LogP contribution in [0.2, 0.25) is 0 Å². The van der Waals surface area contributed by atoms with E-state index in [0.29, 0.717) is 5.69 Å². The summed E-state index contributed by atoms with van der Waals surface area (Å²) >= 11 is 0. The Kier molecular flexibility index (Phi) is 2.38. The number of aromatic nitrogens is 1. The highest BCUT2D eigenvalue weighted by Gasteiger charge is 2.15. The number of nitro groups is 1. The van der Waals surface area contributed by atoms with Gasteiger partial charge in [-0.15, -0.1) is 0 Å². The second-order valence-electron chi connectivity index (χ2n) is 2.82. The van der Waals surface area contributed by atoms with E-state index in [-0.39, 0.29) is 11.6 Å². The smallest absolute Gasteiger partial charge is 0.258 e. The number of pyridine rings is 1. The normalized spacial score (nSPS) is 10.2. The first-order valence-electron chi connectivity index (χ1n) is 3.72. The van der Waals surface area contributed by atoms with Crippen molar-refractivity contribution >= 4 is 5.69 Å². The van der Waals surface area contributed by atoms with Crippen LogP contribution < -0.4 is 0 Å². The van der Waals surface area contributed by atoms with E-state index in [9.17, 15) is 10.1 Å². The Bertz CT molecular complexity index is 297. The number of hydrogen-bond acceptors (Lipinski definition) is 3. The largest absolute Gasteiger partial charge is 0.290 e. The summed E-state index contributed by atoms with van der Waals surface area (Å²) in [5.41, 5.74) is 0.648. The van der Waals surface area contributed by atoms with Crippen molar-refractivity contribution in [2.24, 2.45) is 0 Å². The molecule has 1 rings (SSSR count). The summed E-state index contributed by atoms with van der Waals surface area (Å²) in [5.74, 6) is 0.0894. The second kappa shape index (κ2) is 3.30. The van der Waals surface area contributed by atoms with Crippen LogP contribution in [-0.2, 0) is 0 Å². The van der Waals surface area contributed by atoms with Crippen LogP contribution in [0.1, 0.15) is 25.5 Å². The van der Waals surface area contributed by atoms with Gasteiger partial charge in [0.05, 0.1) is 4.92 Å². The van der Waals surface area contributed by atoms with Crippen LogP contribution in [-0.4, -0.2) is 9.91 Å². The molecular formula is C8H10N2O2. The zero-order valence-electron chi connectivity index (χ0n) is 7.02. The molecule has 0 aromatic carbocycles. The average molecular weight is 166 g/mol. The lowest BCUT2D eigenvalue weighted by atomic mass is 10.1. The van der Waals surface area contributed by atoms with Crippen LogP contribution in [0.4, 0.5) is 5.69 Å². The lowest BCUT2D eigenvalue weighted by molar-refractivity contribution is -0.386. The Morgan fingerprint density at radius 3 is 2.67 bits per heavy atom. The highest BCUT2D eigenvalue weighted by atomic mass is 16.6. The molecule has 0 aliphatic carbocycles. The fourth-order valence-electron chi connectivity index (χ4n) is 1.01. The minimum atomic E-state index is -0.400. The van der Waals surface area contributed by atoms with E-state index in [1.165, 1.54) is 6.07 Å². The van der Waals surface area contributed by atoms with Crippen molar-refractivity contribution in [1.82, 2.24) is 4.98 Å². The molecule has 1 aromatic heterocycles. The maximum absolute atomic E-state index is 10.5. The highest BCUT2D eigenvalue weighted by molar-refractivity contribution is 5.36. The van der Waals surface area contributed by atoms with Gasteiger partial charge in [0.15, 0.2) is 0 Å². The molecule has 0 aliphatic rings. The molecular weight excluding hydrogens is 156 g/mol. The zero-order chi connectivity index (χ0) is 9.14. The summed E-state index contributed by atoms with van der Waals surface area (Å²) in [5, 5.41) is 10.5. The van der Waals surface area contributed by atoms with Crippen molar-refractivity contribution in [3.8, 4) is 0 Å². The summed E-state index contributed by atoms with van der Waals surface area (Å²) in [6.45, 7) is 3.77. The molecule has 4 heteroatoms. The number of hydrogen-bond donors (Lipinski definition) is 0. The van der Waals surface area contributed by atoms with Gasteiger partial charge in [-0.25, -0.2) is 0 Å². The van der Waals surface area contributed by atoms with E-state index in [1.807, 2.05) is 13.8 Å². The Labute approximate surface area is 70.4 Å². The first-order valence-corrected chi connectivity index (χ1v) is 3.72. The summed E-state index contributed by atoms with van der Waals surface area (Å²) in [6.07, 6.45) is 1.57. The number of nitrogens with zero attached hydrogens (tertiary/aromatic N) is 2. The van der Waals surface area contributed by atoms with Gasteiger partial charge in [0.1, 0.15) is 5.69 Å². The molecule has 64 valence electrons. The molecule has 0 N–H and O–H groups in total. The van der Waals surface area contributed by atoms with Gasteiger partial charge in [0, 0.05) is 18.2 Å². The molecule has 0 fully saturated rings. The lowest BCUT2D eigenvalue weighted by Gasteiger charge is -2.03. The van der Waals surface area contributed by atoms with E-state index >= 15 is 0 Å². The first kappa shape index (κ1) is 8.64. The van der Waals surface area contributed by atoms with Gasteiger partial charge in [0.2, 0.25) is 0 Å². The van der Waals surface area contributed by atoms with Crippen molar-refractivity contribution in [2.75, 3.05) is 0 Å². The standard InChI is InChI=1S/C8H10N2O2/c1-6(2)8-7(10(11)12)4-3-5-9-8/h3-6H,1-2H3. The zero-order valence-corrected chi connectivity index (χ0v) is 7.02. The fraction of sp³-hybridized carbons (Fsp3) is 0.375. The van der Waals surface area contributed by atoms with Crippen molar-refractivity contribution in [1.29, 1.82) is 0 Å². The van der Waals surface area contributed by atoms with E-state index in [1.54, 1.807) is 12.3 Å². The topological polar surface area (TPSA) is 56.0 Å². The van der Waals surface area contributed by atoms with E-state index < -0.39 is 4.92 Å². The predicted molar refractivity (Wildman–Crippen MR) is 45.0 cm³/mol. The molecule has 0 amide bonds. The van der Waals surface area contributed by atoms with Gasteiger partial charge in [-0.05, 0) is 6.07 Å². The molecule has 12 heavy (non-hydrogen) atoms. The molecule has 0 aliphatic heterocycles. The third-order valence-electron chi connectivity index (χ3n) is 1.56. The molecule has 0 radical (unpaired) electrons. The molecule has 4 nitrogen and oxygen atoms in total. The third-order valence-corrected chi connectivity index (χ3v) is 1.56. The Balaban J connectivity index is 3.17. The SMILES string of the molecule is CC(C)c1ncccc1[N+](=O)[O-]. The molecule has 0 unspecified atom stereocenters. The Hall–Kier alpha value is -1.45. The van der Waals surface area contributed by atoms with E-state index in [2.05, 4.69) is 4.98 Å². The van der Waals surface area contributed by atoms with Crippen LogP contribution >= 0.6 is 0 Å². The van der Waals surface area contributed by atoms with E-state index in [0.717, 1.165) is 0 Å². The van der Waals surface area contributed by atoms with Crippen LogP contribution in [0.3, 0.4) is 0 Å². The fourth-order valence-corrected chi connectivity index (χ4v) is 1.01. The minimum Gasteiger partial charge on any atom is -0.258 e. The van der Waals surface area contributed by atoms with Gasteiger partial charge in [-0.3, -0.25) is 15.1 Å².